The molecular weight excluding hydrogens is 471 g/mol. The number of aryl methyl sites for hydroxylation is 1. The van der Waals surface area contributed by atoms with Gasteiger partial charge in [0.1, 0.15) is 12.4 Å². The van der Waals surface area contributed by atoms with E-state index in [0.717, 1.165) is 25.9 Å². The van der Waals surface area contributed by atoms with Crippen LogP contribution in [0.1, 0.15) is 12.8 Å². The Morgan fingerprint density at radius 1 is 1.09 bits per heavy atom. The average Bonchev–Trinajstić information content (AvgIpc) is 3.42. The van der Waals surface area contributed by atoms with Gasteiger partial charge < -0.3 is 15.4 Å². The van der Waals surface area contributed by atoms with Gasteiger partial charge in [-0.2, -0.15) is 5.10 Å². The zero-order chi connectivity index (χ0) is 24.2. The SMILES string of the molecule is Cn1ncc(Cl)c1-c1cccc(NC(=O)Nc2cc(F)c(F)cc2F)c1OCCN1CCCC1. The molecule has 0 spiro atoms. The second-order valence-corrected chi connectivity index (χ2v) is 8.28. The number of rotatable bonds is 7. The van der Waals surface area contributed by atoms with E-state index in [9.17, 15) is 18.0 Å². The minimum absolute atomic E-state index is 0.289. The summed E-state index contributed by atoms with van der Waals surface area (Å²) in [5, 5.41) is 9.35. The Bertz CT molecular complexity index is 1180. The number of aromatic nitrogens is 2. The summed E-state index contributed by atoms with van der Waals surface area (Å²) < 4.78 is 48.3. The molecule has 11 heteroatoms. The van der Waals surface area contributed by atoms with Crippen molar-refractivity contribution in [3.63, 3.8) is 0 Å². The van der Waals surface area contributed by atoms with Gasteiger partial charge >= 0.3 is 6.03 Å². The lowest BCUT2D eigenvalue weighted by atomic mass is 10.1. The van der Waals surface area contributed by atoms with Crippen LogP contribution in [0.3, 0.4) is 0 Å². The van der Waals surface area contributed by atoms with Gasteiger partial charge in [0.15, 0.2) is 17.4 Å². The first-order valence-electron chi connectivity index (χ1n) is 10.7. The normalized spacial score (nSPS) is 13.8. The lowest BCUT2D eigenvalue weighted by Crippen LogP contribution is -2.26. The third kappa shape index (κ3) is 5.28. The highest BCUT2D eigenvalue weighted by Crippen LogP contribution is 2.39. The molecular formula is C23H23ClF3N5O2. The molecule has 0 radical (unpaired) electrons. The van der Waals surface area contributed by atoms with Crippen molar-refractivity contribution >= 4 is 29.0 Å². The van der Waals surface area contributed by atoms with Crippen LogP contribution in [0.15, 0.2) is 36.5 Å². The number of hydrogen-bond donors (Lipinski definition) is 2. The molecule has 2 N–H and O–H groups in total. The second kappa shape index (κ2) is 10.4. The van der Waals surface area contributed by atoms with E-state index >= 15 is 0 Å². The minimum atomic E-state index is -1.35. The number of likely N-dealkylation sites (tertiary alicyclic amines) is 1. The maximum Gasteiger partial charge on any atom is 0.323 e. The maximum atomic E-state index is 14.0. The monoisotopic (exact) mass is 493 g/mol. The molecule has 1 saturated heterocycles. The molecule has 0 aliphatic carbocycles. The summed E-state index contributed by atoms with van der Waals surface area (Å²) in [6, 6.07) is 5.17. The molecule has 1 aromatic heterocycles. The van der Waals surface area contributed by atoms with Crippen LogP contribution >= 0.6 is 11.6 Å². The molecule has 1 aliphatic rings. The van der Waals surface area contributed by atoms with Crippen LogP contribution in [-0.2, 0) is 7.05 Å². The van der Waals surface area contributed by atoms with Crippen molar-refractivity contribution in [1.29, 1.82) is 0 Å². The van der Waals surface area contributed by atoms with E-state index in [1.54, 1.807) is 29.9 Å². The van der Waals surface area contributed by atoms with Gasteiger partial charge in [0.2, 0.25) is 0 Å². The highest BCUT2D eigenvalue weighted by molar-refractivity contribution is 6.33. The number of carbonyl (C=O) groups excluding carboxylic acids is 1. The smallest absolute Gasteiger partial charge is 0.323 e. The average molecular weight is 494 g/mol. The predicted molar refractivity (Wildman–Crippen MR) is 124 cm³/mol. The molecule has 2 aromatic carbocycles. The fraction of sp³-hybridized carbons (Fsp3) is 0.304. The zero-order valence-corrected chi connectivity index (χ0v) is 19.1. The van der Waals surface area contributed by atoms with E-state index in [0.29, 0.717) is 47.3 Å². The van der Waals surface area contributed by atoms with Crippen molar-refractivity contribution in [3.05, 3.63) is 59.0 Å². The lowest BCUT2D eigenvalue weighted by Gasteiger charge is -2.20. The molecule has 2 heterocycles. The second-order valence-electron chi connectivity index (χ2n) is 7.87. The topological polar surface area (TPSA) is 71.4 Å². The van der Waals surface area contributed by atoms with E-state index in [-0.39, 0.29) is 5.69 Å². The number of halogens is 4. The molecule has 0 bridgehead atoms. The van der Waals surface area contributed by atoms with Crippen molar-refractivity contribution in [2.75, 3.05) is 36.9 Å². The quantitative estimate of drug-likeness (QED) is 0.439. The van der Waals surface area contributed by atoms with E-state index in [4.69, 9.17) is 16.3 Å². The molecule has 1 fully saturated rings. The maximum absolute atomic E-state index is 14.0. The molecule has 4 rings (SSSR count). The summed E-state index contributed by atoms with van der Waals surface area (Å²) in [5.74, 6) is -3.38. The largest absolute Gasteiger partial charge is 0.489 e. The summed E-state index contributed by atoms with van der Waals surface area (Å²) >= 11 is 6.34. The fourth-order valence-corrected chi connectivity index (χ4v) is 4.14. The highest BCUT2D eigenvalue weighted by Gasteiger charge is 2.20. The summed E-state index contributed by atoms with van der Waals surface area (Å²) in [5.41, 5.74) is 0.979. The van der Waals surface area contributed by atoms with Gasteiger partial charge in [-0.15, -0.1) is 0 Å². The summed E-state index contributed by atoms with van der Waals surface area (Å²) in [7, 11) is 1.73. The number of urea groups is 1. The van der Waals surface area contributed by atoms with Gasteiger partial charge in [-0.1, -0.05) is 17.7 Å². The van der Waals surface area contributed by atoms with Crippen molar-refractivity contribution in [2.45, 2.75) is 12.8 Å². The van der Waals surface area contributed by atoms with Crippen LogP contribution in [0.4, 0.5) is 29.3 Å². The summed E-state index contributed by atoms with van der Waals surface area (Å²) in [6.45, 7) is 3.08. The number of carbonyl (C=O) groups is 1. The Kier molecular flexibility index (Phi) is 7.28. The van der Waals surface area contributed by atoms with Gasteiger partial charge in [-0.3, -0.25) is 9.58 Å². The molecule has 0 unspecified atom stereocenters. The molecule has 3 aromatic rings. The molecule has 1 aliphatic heterocycles. The van der Waals surface area contributed by atoms with Crippen molar-refractivity contribution < 1.29 is 22.7 Å². The zero-order valence-electron chi connectivity index (χ0n) is 18.4. The van der Waals surface area contributed by atoms with E-state index in [1.807, 2.05) is 0 Å². The molecule has 180 valence electrons. The van der Waals surface area contributed by atoms with E-state index in [1.165, 1.54) is 6.20 Å². The van der Waals surface area contributed by atoms with Crippen LogP contribution in [0.2, 0.25) is 5.02 Å². The van der Waals surface area contributed by atoms with E-state index in [2.05, 4.69) is 20.6 Å². The minimum Gasteiger partial charge on any atom is -0.489 e. The highest BCUT2D eigenvalue weighted by atomic mass is 35.5. The Morgan fingerprint density at radius 3 is 2.50 bits per heavy atom. The molecule has 2 amide bonds. The van der Waals surface area contributed by atoms with Gasteiger partial charge in [-0.05, 0) is 38.1 Å². The molecule has 34 heavy (non-hydrogen) atoms. The number of para-hydroxylation sites is 1. The number of anilines is 2. The molecule has 7 nitrogen and oxygen atoms in total. The van der Waals surface area contributed by atoms with Gasteiger partial charge in [-0.25, -0.2) is 18.0 Å². The standard InChI is InChI=1S/C23H23ClF3N5O2/c1-31-21(15(24)13-28-31)14-5-4-6-19(22(14)34-10-9-32-7-2-3-8-32)29-23(33)30-20-12-17(26)16(25)11-18(20)27/h4-6,11-13H,2-3,7-10H2,1H3,(H2,29,30,33). The Balaban J connectivity index is 1.59. The van der Waals surface area contributed by atoms with E-state index < -0.39 is 29.2 Å². The van der Waals surface area contributed by atoms with Crippen LogP contribution in [0.5, 0.6) is 5.75 Å². The Hall–Kier alpha value is -3.24. The third-order valence-electron chi connectivity index (χ3n) is 5.52. The van der Waals surface area contributed by atoms with Crippen LogP contribution < -0.4 is 15.4 Å². The number of benzene rings is 2. The summed E-state index contributed by atoms with van der Waals surface area (Å²) in [4.78, 5) is 14.9. The van der Waals surface area contributed by atoms with Crippen molar-refractivity contribution in [3.8, 4) is 17.0 Å². The summed E-state index contributed by atoms with van der Waals surface area (Å²) in [6.07, 6.45) is 3.80. The number of amides is 2. The van der Waals surface area contributed by atoms with Crippen LogP contribution in [-0.4, -0.2) is 47.0 Å². The Morgan fingerprint density at radius 2 is 1.79 bits per heavy atom. The lowest BCUT2D eigenvalue weighted by molar-refractivity contribution is 0.238. The first-order chi connectivity index (χ1) is 16.3. The van der Waals surface area contributed by atoms with Gasteiger partial charge in [0.05, 0.1) is 28.3 Å². The molecule has 0 atom stereocenters. The predicted octanol–water partition coefficient (Wildman–Crippen LogP) is 5.28. The van der Waals surface area contributed by atoms with Crippen molar-refractivity contribution in [1.82, 2.24) is 14.7 Å². The van der Waals surface area contributed by atoms with Gasteiger partial charge in [0.25, 0.3) is 0 Å². The van der Waals surface area contributed by atoms with Crippen LogP contribution in [0.25, 0.3) is 11.3 Å². The Labute approximate surface area is 199 Å². The first-order valence-corrected chi connectivity index (χ1v) is 11.1. The molecule has 0 saturated carbocycles. The first kappa shape index (κ1) is 23.9. The fourth-order valence-electron chi connectivity index (χ4n) is 3.87. The third-order valence-corrected chi connectivity index (χ3v) is 5.80. The van der Waals surface area contributed by atoms with Crippen molar-refractivity contribution in [2.24, 2.45) is 7.05 Å². The van der Waals surface area contributed by atoms with Gasteiger partial charge in [0, 0.05) is 31.3 Å². The number of hydrogen-bond acceptors (Lipinski definition) is 4. The van der Waals surface area contributed by atoms with Crippen LogP contribution in [0, 0.1) is 17.5 Å². The number of nitrogens with one attached hydrogen (secondary N) is 2. The number of nitrogens with zero attached hydrogens (tertiary/aromatic N) is 3. The number of ether oxygens (including phenoxy) is 1.